The lowest BCUT2D eigenvalue weighted by Gasteiger charge is -2.40. The third-order valence-corrected chi connectivity index (χ3v) is 6.55. The van der Waals surface area contributed by atoms with Crippen LogP contribution in [0.3, 0.4) is 0 Å². The van der Waals surface area contributed by atoms with E-state index in [0.29, 0.717) is 12.6 Å². The van der Waals surface area contributed by atoms with Crippen molar-refractivity contribution in [2.75, 3.05) is 26.7 Å². The van der Waals surface area contributed by atoms with Crippen LogP contribution in [0.2, 0.25) is 0 Å². The van der Waals surface area contributed by atoms with Gasteiger partial charge in [-0.2, -0.15) is 0 Å². The second-order valence-corrected chi connectivity index (χ2v) is 8.46. The molecule has 5 nitrogen and oxygen atoms in total. The first-order valence-electron chi connectivity index (χ1n) is 10.6. The molecule has 3 rings (SSSR count). The van der Waals surface area contributed by atoms with E-state index in [1.807, 2.05) is 7.05 Å². The van der Waals surface area contributed by atoms with Crippen molar-refractivity contribution in [1.29, 1.82) is 0 Å². The number of nitrogens with one attached hydrogen (secondary N) is 2. The average molecular weight is 478 g/mol. The van der Waals surface area contributed by atoms with E-state index in [-0.39, 0.29) is 24.0 Å². The van der Waals surface area contributed by atoms with Gasteiger partial charge < -0.3 is 20.6 Å². The molecule has 1 saturated heterocycles. The second kappa shape index (κ2) is 11.1. The molecule has 3 N–H and O–H groups in total. The fraction of sp³-hybridized carbons (Fsp3) is 0.950. The predicted molar refractivity (Wildman–Crippen MR) is 119 cm³/mol. The molecule has 0 aromatic rings. The molecule has 0 radical (unpaired) electrons. The molecule has 2 aliphatic carbocycles. The molecule has 3 aliphatic rings. The number of hydrogen-bond acceptors (Lipinski definition) is 3. The van der Waals surface area contributed by atoms with Gasteiger partial charge in [-0.25, -0.2) is 0 Å². The van der Waals surface area contributed by atoms with Gasteiger partial charge in [0, 0.05) is 38.8 Å². The van der Waals surface area contributed by atoms with Crippen molar-refractivity contribution in [1.82, 2.24) is 15.5 Å². The summed E-state index contributed by atoms with van der Waals surface area (Å²) in [5.41, 5.74) is -0.541. The van der Waals surface area contributed by atoms with Gasteiger partial charge in [-0.15, -0.1) is 24.0 Å². The zero-order chi connectivity index (χ0) is 17.5. The second-order valence-electron chi connectivity index (χ2n) is 8.46. The zero-order valence-corrected chi connectivity index (χ0v) is 18.8. The van der Waals surface area contributed by atoms with Gasteiger partial charge in [0.25, 0.3) is 0 Å². The summed E-state index contributed by atoms with van der Waals surface area (Å²) in [6.07, 6.45) is 14.8. The maximum Gasteiger partial charge on any atom is 0.191 e. The fourth-order valence-electron chi connectivity index (χ4n) is 4.88. The van der Waals surface area contributed by atoms with Gasteiger partial charge in [0.2, 0.25) is 0 Å². The summed E-state index contributed by atoms with van der Waals surface area (Å²) >= 11 is 0. The zero-order valence-electron chi connectivity index (χ0n) is 16.5. The predicted octanol–water partition coefficient (Wildman–Crippen LogP) is 3.26. The van der Waals surface area contributed by atoms with Gasteiger partial charge in [0.1, 0.15) is 0 Å². The Morgan fingerprint density at radius 1 is 1.00 bits per heavy atom. The highest BCUT2D eigenvalue weighted by molar-refractivity contribution is 14.0. The molecule has 26 heavy (non-hydrogen) atoms. The van der Waals surface area contributed by atoms with Gasteiger partial charge in [-0.05, 0) is 38.5 Å². The van der Waals surface area contributed by atoms with Gasteiger partial charge in [-0.3, -0.25) is 4.99 Å². The number of nitrogens with zero attached hydrogens (tertiary/aromatic N) is 2. The van der Waals surface area contributed by atoms with E-state index in [4.69, 9.17) is 0 Å². The van der Waals surface area contributed by atoms with Crippen molar-refractivity contribution in [2.24, 2.45) is 4.99 Å². The normalized spacial score (nSPS) is 26.2. The summed E-state index contributed by atoms with van der Waals surface area (Å²) in [6, 6.07) is 1.35. The van der Waals surface area contributed by atoms with E-state index in [0.717, 1.165) is 37.7 Å². The Morgan fingerprint density at radius 3 is 2.23 bits per heavy atom. The molecule has 0 amide bonds. The summed E-state index contributed by atoms with van der Waals surface area (Å²) in [7, 11) is 1.83. The van der Waals surface area contributed by atoms with Gasteiger partial charge in [0.05, 0.1) is 5.60 Å². The molecule has 2 saturated carbocycles. The monoisotopic (exact) mass is 478 g/mol. The summed E-state index contributed by atoms with van der Waals surface area (Å²) in [5, 5.41) is 17.6. The van der Waals surface area contributed by atoms with Crippen molar-refractivity contribution in [2.45, 2.75) is 94.7 Å². The third-order valence-electron chi connectivity index (χ3n) is 6.55. The van der Waals surface area contributed by atoms with Crippen molar-refractivity contribution in [3.63, 3.8) is 0 Å². The van der Waals surface area contributed by atoms with Crippen molar-refractivity contribution in [3.05, 3.63) is 0 Å². The molecule has 1 heterocycles. The van der Waals surface area contributed by atoms with Crippen molar-refractivity contribution < 1.29 is 5.11 Å². The van der Waals surface area contributed by atoms with Crippen LogP contribution in [0, 0.1) is 0 Å². The van der Waals surface area contributed by atoms with Gasteiger partial charge in [-0.1, -0.05) is 38.5 Å². The number of rotatable bonds is 4. The van der Waals surface area contributed by atoms with E-state index in [9.17, 15) is 5.11 Å². The lowest BCUT2D eigenvalue weighted by Crippen LogP contribution is -2.53. The Balaban J connectivity index is 0.00000243. The number of aliphatic hydroxyl groups is 1. The molecule has 1 aliphatic heterocycles. The summed E-state index contributed by atoms with van der Waals surface area (Å²) < 4.78 is 0. The van der Waals surface area contributed by atoms with Crippen LogP contribution in [-0.4, -0.2) is 60.3 Å². The first-order chi connectivity index (χ1) is 12.2. The van der Waals surface area contributed by atoms with Crippen LogP contribution in [0.15, 0.2) is 4.99 Å². The number of likely N-dealkylation sites (tertiary alicyclic amines) is 1. The molecule has 0 bridgehead atoms. The highest BCUT2D eigenvalue weighted by Gasteiger charge is 2.30. The Labute approximate surface area is 176 Å². The molecular weight excluding hydrogens is 439 g/mol. The van der Waals surface area contributed by atoms with E-state index < -0.39 is 5.60 Å². The molecule has 152 valence electrons. The lowest BCUT2D eigenvalue weighted by molar-refractivity contribution is 0.00851. The minimum absolute atomic E-state index is 0. The molecule has 0 spiro atoms. The molecular formula is C20H39IN4O. The van der Waals surface area contributed by atoms with Crippen LogP contribution in [0.5, 0.6) is 0 Å². The maximum atomic E-state index is 10.6. The number of piperidine rings is 1. The standard InChI is InChI=1S/C20H38N4O.HI/c1-21-19(22-16-20(25)12-6-3-7-13-20)23-17-10-14-24(15-11-17)18-8-4-2-5-9-18;/h17-18,25H,2-16H2,1H3,(H2,21,22,23);1H. The first-order valence-corrected chi connectivity index (χ1v) is 10.6. The van der Waals surface area contributed by atoms with Crippen LogP contribution in [0.4, 0.5) is 0 Å². The summed E-state index contributed by atoms with van der Waals surface area (Å²) in [5.74, 6) is 0.857. The molecule has 0 aromatic heterocycles. The summed E-state index contributed by atoms with van der Waals surface area (Å²) in [4.78, 5) is 7.10. The van der Waals surface area contributed by atoms with Crippen LogP contribution >= 0.6 is 24.0 Å². The quantitative estimate of drug-likeness (QED) is 0.330. The highest BCUT2D eigenvalue weighted by atomic mass is 127. The largest absolute Gasteiger partial charge is 0.388 e. The molecule has 0 aromatic carbocycles. The molecule has 3 fully saturated rings. The van der Waals surface area contributed by atoms with Gasteiger partial charge in [0.15, 0.2) is 5.96 Å². The highest BCUT2D eigenvalue weighted by Crippen LogP contribution is 2.27. The van der Waals surface area contributed by atoms with E-state index in [1.165, 1.54) is 64.5 Å². The SMILES string of the molecule is CN=C(NCC1(O)CCCCC1)NC1CCN(C2CCCCC2)CC1.I. The van der Waals surface area contributed by atoms with Crippen molar-refractivity contribution >= 4 is 29.9 Å². The Bertz CT molecular complexity index is 426. The molecule has 6 heteroatoms. The summed E-state index contributed by atoms with van der Waals surface area (Å²) in [6.45, 7) is 3.04. The lowest BCUT2D eigenvalue weighted by atomic mass is 9.85. The minimum atomic E-state index is -0.541. The first kappa shape index (κ1) is 22.2. The van der Waals surface area contributed by atoms with E-state index in [2.05, 4.69) is 20.5 Å². The number of halogens is 1. The van der Waals surface area contributed by atoms with Crippen LogP contribution < -0.4 is 10.6 Å². The Hall–Kier alpha value is -0.0800. The number of guanidine groups is 1. The number of hydrogen-bond donors (Lipinski definition) is 3. The van der Waals surface area contributed by atoms with Gasteiger partial charge >= 0.3 is 0 Å². The Kier molecular flexibility index (Phi) is 9.44. The van der Waals surface area contributed by atoms with Crippen LogP contribution in [0.1, 0.15) is 77.0 Å². The smallest absolute Gasteiger partial charge is 0.191 e. The van der Waals surface area contributed by atoms with E-state index in [1.54, 1.807) is 0 Å². The molecule has 0 unspecified atom stereocenters. The number of aliphatic imine (C=N–C) groups is 1. The van der Waals surface area contributed by atoms with Crippen molar-refractivity contribution in [3.8, 4) is 0 Å². The average Bonchev–Trinajstić information content (AvgIpc) is 2.67. The third kappa shape index (κ3) is 6.51. The van der Waals surface area contributed by atoms with Crippen LogP contribution in [0.25, 0.3) is 0 Å². The maximum absolute atomic E-state index is 10.6. The fourth-order valence-corrected chi connectivity index (χ4v) is 4.88. The van der Waals surface area contributed by atoms with Crippen LogP contribution in [-0.2, 0) is 0 Å². The van der Waals surface area contributed by atoms with E-state index >= 15 is 0 Å². The topological polar surface area (TPSA) is 59.9 Å². The Morgan fingerprint density at radius 2 is 1.62 bits per heavy atom. The molecule has 0 atom stereocenters. The minimum Gasteiger partial charge on any atom is -0.388 e.